The molecule has 33 heavy (non-hydrogen) atoms. The van der Waals surface area contributed by atoms with Crippen LogP contribution >= 0.6 is 11.8 Å². The Hall–Kier alpha value is -3.14. The molecule has 9 nitrogen and oxygen atoms in total. The molecular formula is C23H26N6O3S. The second-order valence-corrected chi connectivity index (χ2v) is 9.18. The van der Waals surface area contributed by atoms with Gasteiger partial charge in [-0.2, -0.15) is 5.10 Å². The highest BCUT2D eigenvalue weighted by Crippen LogP contribution is 2.35. The summed E-state index contributed by atoms with van der Waals surface area (Å²) in [6.07, 6.45) is 8.00. The molecule has 1 amide bonds. The highest BCUT2D eigenvalue weighted by molar-refractivity contribution is 7.99. The number of hydrogen-bond acceptors (Lipinski definition) is 8. The first-order valence-electron chi connectivity index (χ1n) is 11.2. The number of thioether (sulfide) groups is 1. The van der Waals surface area contributed by atoms with Crippen molar-refractivity contribution in [3.63, 3.8) is 0 Å². The zero-order valence-electron chi connectivity index (χ0n) is 18.5. The van der Waals surface area contributed by atoms with Gasteiger partial charge >= 0.3 is 0 Å². The summed E-state index contributed by atoms with van der Waals surface area (Å²) in [7, 11) is 1.64. The summed E-state index contributed by atoms with van der Waals surface area (Å²) >= 11 is 1.36. The molecule has 3 aromatic rings. The first-order chi connectivity index (χ1) is 16.2. The fraction of sp³-hybridized carbons (Fsp3) is 0.435. The van der Waals surface area contributed by atoms with Crippen LogP contribution in [-0.4, -0.2) is 49.7 Å². The predicted molar refractivity (Wildman–Crippen MR) is 123 cm³/mol. The number of methoxy groups -OCH3 is 1. The Labute approximate surface area is 196 Å². The third-order valence-electron chi connectivity index (χ3n) is 6.17. The van der Waals surface area contributed by atoms with Crippen molar-refractivity contribution in [2.45, 2.75) is 55.8 Å². The minimum absolute atomic E-state index is 0.108. The highest BCUT2D eigenvalue weighted by Gasteiger charge is 2.35. The zero-order valence-corrected chi connectivity index (χ0v) is 19.3. The summed E-state index contributed by atoms with van der Waals surface area (Å²) in [5, 5.41) is 19.1. The van der Waals surface area contributed by atoms with Gasteiger partial charge in [-0.15, -0.1) is 5.10 Å². The largest absolute Gasteiger partial charge is 0.497 e. The molecule has 2 aliphatic rings. The van der Waals surface area contributed by atoms with Gasteiger partial charge in [-0.05, 0) is 65.2 Å². The maximum absolute atomic E-state index is 13.3. The number of benzene rings is 1. The van der Waals surface area contributed by atoms with Gasteiger partial charge in [-0.25, -0.2) is 9.69 Å². The molecule has 5 rings (SSSR count). The average Bonchev–Trinajstić information content (AvgIpc) is 3.63. The van der Waals surface area contributed by atoms with Crippen molar-refractivity contribution >= 4 is 23.4 Å². The van der Waals surface area contributed by atoms with E-state index in [1.165, 1.54) is 31.0 Å². The standard InChI is InChI=1S/C23H26N6O3S/c1-31-18-11-9-16(10-12-18)19-14-20(21-8-5-13-32-21)29(25-19)22(30)15-33-23-24-26-27-28(23)17-6-3-2-4-7-17/h5,8-13,17,20H,2-4,6-7,14-15H2,1H3. The average molecular weight is 467 g/mol. The topological polar surface area (TPSA) is 98.6 Å². The Morgan fingerprint density at radius 2 is 2.00 bits per heavy atom. The smallest absolute Gasteiger partial charge is 0.253 e. The Morgan fingerprint density at radius 1 is 1.18 bits per heavy atom. The van der Waals surface area contributed by atoms with Gasteiger partial charge in [0.25, 0.3) is 5.91 Å². The zero-order chi connectivity index (χ0) is 22.6. The number of rotatable bonds is 7. The molecule has 1 aliphatic heterocycles. The van der Waals surface area contributed by atoms with Gasteiger partial charge in [0.05, 0.1) is 30.9 Å². The number of hydrazone groups is 1. The third-order valence-corrected chi connectivity index (χ3v) is 7.09. The molecule has 1 aliphatic carbocycles. The monoisotopic (exact) mass is 466 g/mol. The van der Waals surface area contributed by atoms with Gasteiger partial charge in [0.2, 0.25) is 5.16 Å². The van der Waals surface area contributed by atoms with E-state index < -0.39 is 0 Å². The first kappa shape index (κ1) is 21.7. The van der Waals surface area contributed by atoms with Crippen molar-refractivity contribution in [1.29, 1.82) is 0 Å². The normalized spacial score (nSPS) is 19.0. The summed E-state index contributed by atoms with van der Waals surface area (Å²) in [5.41, 5.74) is 1.79. The molecule has 3 heterocycles. The van der Waals surface area contributed by atoms with Crippen LogP contribution in [0.4, 0.5) is 0 Å². The number of hydrogen-bond donors (Lipinski definition) is 0. The second kappa shape index (κ2) is 9.78. The minimum Gasteiger partial charge on any atom is -0.497 e. The van der Waals surface area contributed by atoms with Gasteiger partial charge in [0, 0.05) is 6.42 Å². The summed E-state index contributed by atoms with van der Waals surface area (Å²) in [6, 6.07) is 11.4. The van der Waals surface area contributed by atoms with Crippen LogP contribution in [0.3, 0.4) is 0 Å². The number of carbonyl (C=O) groups excluding carboxylic acids is 1. The summed E-state index contributed by atoms with van der Waals surface area (Å²) in [4.78, 5) is 13.3. The maximum atomic E-state index is 13.3. The highest BCUT2D eigenvalue weighted by atomic mass is 32.2. The van der Waals surface area contributed by atoms with E-state index in [-0.39, 0.29) is 17.7 Å². The van der Waals surface area contributed by atoms with Crippen molar-refractivity contribution < 1.29 is 13.9 Å². The van der Waals surface area contributed by atoms with Crippen LogP contribution in [0.1, 0.15) is 61.9 Å². The Balaban J connectivity index is 1.32. The molecule has 0 spiro atoms. The Morgan fingerprint density at radius 3 is 2.73 bits per heavy atom. The van der Waals surface area contributed by atoms with Gasteiger partial charge < -0.3 is 9.15 Å². The number of ether oxygens (including phenoxy) is 1. The van der Waals surface area contributed by atoms with Crippen LogP contribution in [0.25, 0.3) is 0 Å². The first-order valence-corrected chi connectivity index (χ1v) is 12.2. The van der Waals surface area contributed by atoms with E-state index in [1.54, 1.807) is 18.4 Å². The van der Waals surface area contributed by atoms with E-state index in [2.05, 4.69) is 15.5 Å². The molecule has 0 bridgehead atoms. The lowest BCUT2D eigenvalue weighted by Crippen LogP contribution is -2.28. The van der Waals surface area contributed by atoms with E-state index in [4.69, 9.17) is 14.3 Å². The lowest BCUT2D eigenvalue weighted by molar-refractivity contribution is -0.130. The fourth-order valence-corrected chi connectivity index (χ4v) is 5.23. The molecule has 2 aromatic heterocycles. The van der Waals surface area contributed by atoms with E-state index in [1.807, 2.05) is 41.1 Å². The molecule has 172 valence electrons. The van der Waals surface area contributed by atoms with E-state index in [0.29, 0.717) is 23.4 Å². The van der Waals surface area contributed by atoms with Gasteiger partial charge in [-0.3, -0.25) is 4.79 Å². The Bertz CT molecular complexity index is 1110. The molecule has 1 saturated carbocycles. The minimum atomic E-state index is -0.278. The number of nitrogens with zero attached hydrogens (tertiary/aromatic N) is 6. The van der Waals surface area contributed by atoms with Gasteiger partial charge in [-0.1, -0.05) is 31.0 Å². The van der Waals surface area contributed by atoms with Crippen LogP contribution in [0, 0.1) is 0 Å². The summed E-state index contributed by atoms with van der Waals surface area (Å²) in [6.45, 7) is 0. The fourth-order valence-electron chi connectivity index (χ4n) is 4.43. The van der Waals surface area contributed by atoms with E-state index in [0.717, 1.165) is 29.9 Å². The number of amides is 1. The SMILES string of the molecule is COc1ccc(C2=NN(C(=O)CSc3nnnn3C3CCCCC3)C(c3ccco3)C2)cc1. The lowest BCUT2D eigenvalue weighted by Gasteiger charge is -2.22. The number of tetrazole rings is 1. The third kappa shape index (κ3) is 4.66. The van der Waals surface area contributed by atoms with Gasteiger partial charge in [0.15, 0.2) is 0 Å². The van der Waals surface area contributed by atoms with Gasteiger partial charge in [0.1, 0.15) is 17.6 Å². The van der Waals surface area contributed by atoms with Crippen molar-refractivity contribution in [3.8, 4) is 5.75 Å². The molecule has 0 N–H and O–H groups in total. The van der Waals surface area contributed by atoms with E-state index >= 15 is 0 Å². The summed E-state index contributed by atoms with van der Waals surface area (Å²) in [5.74, 6) is 1.58. The van der Waals surface area contributed by atoms with Crippen molar-refractivity contribution in [2.75, 3.05) is 12.9 Å². The second-order valence-electron chi connectivity index (χ2n) is 8.24. The maximum Gasteiger partial charge on any atom is 0.253 e. The molecule has 0 radical (unpaired) electrons. The van der Waals surface area contributed by atoms with Crippen molar-refractivity contribution in [1.82, 2.24) is 25.2 Å². The van der Waals surface area contributed by atoms with Crippen LogP contribution in [-0.2, 0) is 4.79 Å². The number of furan rings is 1. The summed E-state index contributed by atoms with van der Waals surface area (Å²) < 4.78 is 12.8. The quantitative estimate of drug-likeness (QED) is 0.480. The van der Waals surface area contributed by atoms with Crippen LogP contribution < -0.4 is 4.74 Å². The van der Waals surface area contributed by atoms with Crippen molar-refractivity contribution in [2.24, 2.45) is 5.10 Å². The van der Waals surface area contributed by atoms with Crippen LogP contribution in [0.5, 0.6) is 5.75 Å². The molecular weight excluding hydrogens is 440 g/mol. The number of aromatic nitrogens is 4. The molecule has 0 saturated heterocycles. The van der Waals surface area contributed by atoms with E-state index in [9.17, 15) is 4.79 Å². The van der Waals surface area contributed by atoms with Crippen LogP contribution in [0.15, 0.2) is 57.3 Å². The molecule has 1 unspecified atom stereocenters. The molecule has 1 fully saturated rings. The van der Waals surface area contributed by atoms with Crippen molar-refractivity contribution in [3.05, 3.63) is 54.0 Å². The molecule has 10 heteroatoms. The number of carbonyl (C=O) groups is 1. The Kier molecular flexibility index (Phi) is 6.43. The van der Waals surface area contributed by atoms with Crippen LogP contribution in [0.2, 0.25) is 0 Å². The predicted octanol–water partition coefficient (Wildman–Crippen LogP) is 4.25. The lowest BCUT2D eigenvalue weighted by atomic mass is 9.96. The molecule has 1 aromatic carbocycles. The molecule has 1 atom stereocenters.